The predicted molar refractivity (Wildman–Crippen MR) is 62.9 cm³/mol. The fourth-order valence-corrected chi connectivity index (χ4v) is 1.50. The first-order chi connectivity index (χ1) is 7.47. The Morgan fingerprint density at radius 3 is 2.44 bits per heavy atom. The Labute approximate surface area is 96.1 Å². The van der Waals surface area contributed by atoms with Crippen LogP contribution in [0.5, 0.6) is 5.75 Å². The minimum atomic E-state index is -0.938. The summed E-state index contributed by atoms with van der Waals surface area (Å²) >= 11 is 0. The summed E-state index contributed by atoms with van der Waals surface area (Å²) in [5.74, 6) is 0.414. The van der Waals surface area contributed by atoms with Crippen molar-refractivity contribution in [3.63, 3.8) is 0 Å². The van der Waals surface area contributed by atoms with Crippen LogP contribution >= 0.6 is 0 Å². The number of hydrogen-bond donors (Lipinski definition) is 1. The number of aliphatic hydroxyl groups excluding tert-OH is 1. The summed E-state index contributed by atoms with van der Waals surface area (Å²) in [6.07, 6.45) is -0.938. The highest BCUT2D eigenvalue weighted by atomic mass is 16.5. The van der Waals surface area contributed by atoms with E-state index >= 15 is 0 Å². The second kappa shape index (κ2) is 5.12. The van der Waals surface area contributed by atoms with Gasteiger partial charge in [-0.15, -0.1) is 0 Å². The molecule has 0 radical (unpaired) electrons. The van der Waals surface area contributed by atoms with Crippen molar-refractivity contribution >= 4 is 5.78 Å². The van der Waals surface area contributed by atoms with Gasteiger partial charge in [0.25, 0.3) is 0 Å². The van der Waals surface area contributed by atoms with Gasteiger partial charge in [0.05, 0.1) is 7.11 Å². The molecule has 88 valence electrons. The topological polar surface area (TPSA) is 46.5 Å². The zero-order valence-corrected chi connectivity index (χ0v) is 10.2. The van der Waals surface area contributed by atoms with Gasteiger partial charge in [-0.2, -0.15) is 0 Å². The first-order valence-corrected chi connectivity index (χ1v) is 5.34. The molecule has 0 amide bonds. The molecular weight excluding hydrogens is 204 g/mol. The minimum absolute atomic E-state index is 0.0750. The zero-order valence-electron chi connectivity index (χ0n) is 10.2. The maximum Gasteiger partial charge on any atom is 0.191 e. The van der Waals surface area contributed by atoms with E-state index in [0.717, 1.165) is 5.56 Å². The monoisotopic (exact) mass is 222 g/mol. The van der Waals surface area contributed by atoms with Gasteiger partial charge < -0.3 is 9.84 Å². The van der Waals surface area contributed by atoms with Gasteiger partial charge in [-0.3, -0.25) is 4.79 Å². The molecule has 1 atom stereocenters. The fraction of sp³-hybridized carbons (Fsp3) is 0.462. The minimum Gasteiger partial charge on any atom is -0.497 e. The number of ether oxygens (including phenoxy) is 1. The summed E-state index contributed by atoms with van der Waals surface area (Å²) in [5.41, 5.74) is 1.38. The Balaban J connectivity index is 3.01. The van der Waals surface area contributed by atoms with E-state index in [4.69, 9.17) is 4.74 Å². The Morgan fingerprint density at radius 1 is 1.38 bits per heavy atom. The molecule has 0 heterocycles. The second-order valence-corrected chi connectivity index (χ2v) is 4.23. The van der Waals surface area contributed by atoms with Crippen LogP contribution in [0.4, 0.5) is 0 Å². The van der Waals surface area contributed by atoms with E-state index in [1.807, 2.05) is 20.8 Å². The van der Waals surface area contributed by atoms with Crippen LogP contribution in [-0.4, -0.2) is 24.1 Å². The Kier molecular flexibility index (Phi) is 4.07. The van der Waals surface area contributed by atoms with E-state index in [-0.39, 0.29) is 11.7 Å². The van der Waals surface area contributed by atoms with E-state index in [1.165, 1.54) is 0 Å². The summed E-state index contributed by atoms with van der Waals surface area (Å²) < 4.78 is 5.06. The molecule has 0 spiro atoms. The second-order valence-electron chi connectivity index (χ2n) is 4.23. The molecule has 0 fully saturated rings. The van der Waals surface area contributed by atoms with Crippen LogP contribution in [0.15, 0.2) is 18.2 Å². The standard InChI is InChI=1S/C13H18O3/c1-8(2)12(14)13(15)11-6-5-10(16-4)7-9(11)3/h5-8,12,14H,1-4H3. The van der Waals surface area contributed by atoms with Crippen LogP contribution < -0.4 is 4.74 Å². The lowest BCUT2D eigenvalue weighted by Crippen LogP contribution is -2.26. The summed E-state index contributed by atoms with van der Waals surface area (Å²) in [6.45, 7) is 5.48. The summed E-state index contributed by atoms with van der Waals surface area (Å²) in [5, 5.41) is 9.72. The molecule has 1 unspecified atom stereocenters. The molecule has 0 saturated carbocycles. The predicted octanol–water partition coefficient (Wildman–Crippen LogP) is 2.20. The van der Waals surface area contributed by atoms with E-state index in [0.29, 0.717) is 11.3 Å². The number of ketones is 1. The maximum absolute atomic E-state index is 11.9. The Morgan fingerprint density at radius 2 is 2.00 bits per heavy atom. The van der Waals surface area contributed by atoms with Crippen LogP contribution in [0.25, 0.3) is 0 Å². The third-order valence-electron chi connectivity index (χ3n) is 2.60. The summed E-state index contributed by atoms with van der Waals surface area (Å²) in [7, 11) is 1.58. The van der Waals surface area contributed by atoms with Gasteiger partial charge in [0.1, 0.15) is 11.9 Å². The highest BCUT2D eigenvalue weighted by Crippen LogP contribution is 2.19. The number of aryl methyl sites for hydroxylation is 1. The maximum atomic E-state index is 11.9. The van der Waals surface area contributed by atoms with E-state index in [1.54, 1.807) is 25.3 Å². The molecule has 0 saturated heterocycles. The van der Waals surface area contributed by atoms with E-state index < -0.39 is 6.10 Å². The van der Waals surface area contributed by atoms with Crippen molar-refractivity contribution in [2.45, 2.75) is 26.9 Å². The van der Waals surface area contributed by atoms with Gasteiger partial charge in [-0.1, -0.05) is 13.8 Å². The molecule has 0 aliphatic carbocycles. The van der Waals surface area contributed by atoms with Crippen molar-refractivity contribution in [1.82, 2.24) is 0 Å². The molecule has 1 aromatic carbocycles. The third kappa shape index (κ3) is 2.61. The number of carbonyl (C=O) groups excluding carboxylic acids is 1. The molecule has 0 bridgehead atoms. The number of rotatable bonds is 4. The SMILES string of the molecule is COc1ccc(C(=O)C(O)C(C)C)c(C)c1. The van der Waals surface area contributed by atoms with Crippen LogP contribution in [0.2, 0.25) is 0 Å². The summed E-state index contributed by atoms with van der Waals surface area (Å²) in [4.78, 5) is 11.9. The third-order valence-corrected chi connectivity index (χ3v) is 2.60. The molecule has 0 aliphatic heterocycles. The highest BCUT2D eigenvalue weighted by Gasteiger charge is 2.21. The van der Waals surface area contributed by atoms with Gasteiger partial charge in [-0.05, 0) is 36.6 Å². The lowest BCUT2D eigenvalue weighted by molar-refractivity contribution is 0.0647. The van der Waals surface area contributed by atoms with Crippen molar-refractivity contribution in [1.29, 1.82) is 0 Å². The first kappa shape index (κ1) is 12.7. The normalized spacial score (nSPS) is 12.6. The number of carbonyl (C=O) groups is 1. The van der Waals surface area contributed by atoms with Gasteiger partial charge in [0, 0.05) is 5.56 Å². The Hall–Kier alpha value is -1.35. The van der Waals surface area contributed by atoms with Crippen molar-refractivity contribution in [3.05, 3.63) is 29.3 Å². The Bertz CT molecular complexity index is 383. The van der Waals surface area contributed by atoms with Crippen molar-refractivity contribution in [3.8, 4) is 5.75 Å². The fourth-order valence-electron chi connectivity index (χ4n) is 1.50. The van der Waals surface area contributed by atoms with Crippen LogP contribution in [0.1, 0.15) is 29.8 Å². The number of benzene rings is 1. The zero-order chi connectivity index (χ0) is 12.3. The average Bonchev–Trinajstić information content (AvgIpc) is 2.26. The molecule has 3 heteroatoms. The molecule has 1 rings (SSSR count). The van der Waals surface area contributed by atoms with Gasteiger partial charge in [-0.25, -0.2) is 0 Å². The lowest BCUT2D eigenvalue weighted by atomic mass is 9.95. The smallest absolute Gasteiger partial charge is 0.191 e. The van der Waals surface area contributed by atoms with Crippen LogP contribution in [0, 0.1) is 12.8 Å². The van der Waals surface area contributed by atoms with Crippen molar-refractivity contribution in [2.24, 2.45) is 5.92 Å². The number of methoxy groups -OCH3 is 1. The van der Waals surface area contributed by atoms with Crippen LogP contribution in [-0.2, 0) is 0 Å². The largest absolute Gasteiger partial charge is 0.497 e. The first-order valence-electron chi connectivity index (χ1n) is 5.34. The lowest BCUT2D eigenvalue weighted by Gasteiger charge is -2.15. The van der Waals surface area contributed by atoms with Gasteiger partial charge in [0.15, 0.2) is 5.78 Å². The van der Waals surface area contributed by atoms with Gasteiger partial charge in [0.2, 0.25) is 0 Å². The van der Waals surface area contributed by atoms with Gasteiger partial charge >= 0.3 is 0 Å². The van der Waals surface area contributed by atoms with Crippen molar-refractivity contribution < 1.29 is 14.6 Å². The molecule has 0 aromatic heterocycles. The quantitative estimate of drug-likeness (QED) is 0.794. The highest BCUT2D eigenvalue weighted by molar-refractivity contribution is 6.00. The number of hydrogen-bond acceptors (Lipinski definition) is 3. The number of aliphatic hydroxyl groups is 1. The molecule has 1 aromatic rings. The number of Topliss-reactive ketones (excluding diaryl/α,β-unsaturated/α-hetero) is 1. The van der Waals surface area contributed by atoms with E-state index in [2.05, 4.69) is 0 Å². The van der Waals surface area contributed by atoms with Crippen LogP contribution in [0.3, 0.4) is 0 Å². The summed E-state index contributed by atoms with van der Waals surface area (Å²) in [6, 6.07) is 5.22. The van der Waals surface area contributed by atoms with E-state index in [9.17, 15) is 9.90 Å². The molecule has 16 heavy (non-hydrogen) atoms. The molecular formula is C13H18O3. The van der Waals surface area contributed by atoms with Crippen molar-refractivity contribution in [2.75, 3.05) is 7.11 Å². The molecule has 0 aliphatic rings. The molecule has 1 N–H and O–H groups in total. The average molecular weight is 222 g/mol. The molecule has 3 nitrogen and oxygen atoms in total.